The lowest BCUT2D eigenvalue weighted by Gasteiger charge is -2.11. The molecule has 7 aromatic rings. The molecule has 3 nitrogen and oxygen atoms in total. The van der Waals surface area contributed by atoms with Crippen molar-refractivity contribution in [2.24, 2.45) is 9.98 Å². The average molecular weight is 514 g/mol. The molecule has 3 heteroatoms. The van der Waals surface area contributed by atoms with Crippen LogP contribution in [0, 0.1) is 0 Å². The van der Waals surface area contributed by atoms with Crippen molar-refractivity contribution in [3.63, 3.8) is 0 Å². The quantitative estimate of drug-likeness (QED) is 0.170. The molecule has 0 radical (unpaired) electrons. The van der Waals surface area contributed by atoms with E-state index in [1.54, 1.807) is 0 Å². The van der Waals surface area contributed by atoms with Crippen LogP contribution in [0.15, 0.2) is 137 Å². The van der Waals surface area contributed by atoms with Gasteiger partial charge in [-0.25, -0.2) is 4.98 Å². The molecule has 0 unspecified atom stereocenters. The number of hydrogen-bond donors (Lipinski definition) is 0. The predicted molar refractivity (Wildman–Crippen MR) is 171 cm³/mol. The summed E-state index contributed by atoms with van der Waals surface area (Å²) < 4.78 is 0. The minimum absolute atomic E-state index is 0.840. The van der Waals surface area contributed by atoms with Gasteiger partial charge in [0.15, 0.2) is 0 Å². The molecule has 0 atom stereocenters. The fourth-order valence-corrected chi connectivity index (χ4v) is 5.51. The van der Waals surface area contributed by atoms with E-state index in [0.29, 0.717) is 0 Å². The molecule has 7 rings (SSSR count). The van der Waals surface area contributed by atoms with Gasteiger partial charge in [0.25, 0.3) is 0 Å². The molecule has 0 amide bonds. The second-order valence-electron chi connectivity index (χ2n) is 10.1. The SMILES string of the molecule is C/C(=N\c1c2ccccc2cc2ccccc12)c1cccc(/C(C)=N/c2c3ccccc3cc3ccccc23)n1. The number of hydrogen-bond acceptors (Lipinski definition) is 3. The molecule has 190 valence electrons. The minimum atomic E-state index is 0.840. The van der Waals surface area contributed by atoms with Gasteiger partial charge in [0.2, 0.25) is 0 Å². The third-order valence-corrected chi connectivity index (χ3v) is 7.54. The van der Waals surface area contributed by atoms with Crippen LogP contribution in [0.3, 0.4) is 0 Å². The van der Waals surface area contributed by atoms with Crippen LogP contribution < -0.4 is 0 Å². The van der Waals surface area contributed by atoms with Crippen LogP contribution in [0.5, 0.6) is 0 Å². The van der Waals surface area contributed by atoms with Crippen LogP contribution in [-0.2, 0) is 0 Å². The number of aromatic nitrogens is 1. The largest absolute Gasteiger partial charge is 0.250 e. The predicted octanol–water partition coefficient (Wildman–Crippen LogP) is 9.98. The van der Waals surface area contributed by atoms with Gasteiger partial charge in [0.1, 0.15) is 0 Å². The summed E-state index contributed by atoms with van der Waals surface area (Å²) in [5, 5.41) is 9.27. The Morgan fingerprint density at radius 3 is 1.10 bits per heavy atom. The second-order valence-corrected chi connectivity index (χ2v) is 10.1. The maximum Gasteiger partial charge on any atom is 0.0849 e. The molecule has 0 bridgehead atoms. The summed E-state index contributed by atoms with van der Waals surface area (Å²) in [5.74, 6) is 0. The maximum atomic E-state index is 5.17. The van der Waals surface area contributed by atoms with Gasteiger partial charge in [-0.2, -0.15) is 0 Å². The third kappa shape index (κ3) is 4.22. The summed E-state index contributed by atoms with van der Waals surface area (Å²) in [6, 6.07) is 44.3. The van der Waals surface area contributed by atoms with Crippen LogP contribution >= 0.6 is 0 Å². The zero-order valence-electron chi connectivity index (χ0n) is 22.5. The van der Waals surface area contributed by atoms with E-state index in [4.69, 9.17) is 15.0 Å². The van der Waals surface area contributed by atoms with Gasteiger partial charge in [-0.05, 0) is 59.7 Å². The van der Waals surface area contributed by atoms with Crippen LogP contribution in [0.4, 0.5) is 11.4 Å². The van der Waals surface area contributed by atoms with Crippen molar-refractivity contribution in [2.75, 3.05) is 0 Å². The third-order valence-electron chi connectivity index (χ3n) is 7.54. The van der Waals surface area contributed by atoms with E-state index in [0.717, 1.165) is 55.7 Å². The van der Waals surface area contributed by atoms with Crippen molar-refractivity contribution in [1.29, 1.82) is 0 Å². The lowest BCUT2D eigenvalue weighted by atomic mass is 10.0. The van der Waals surface area contributed by atoms with E-state index < -0.39 is 0 Å². The first-order valence-electron chi connectivity index (χ1n) is 13.5. The number of fused-ring (bicyclic) bond motifs is 4. The standard InChI is InChI=1S/C37H27N3/c1-24(38-36-30-16-7-3-12-26(30)22-27-13-4-8-17-31(27)36)34-20-11-21-35(40-34)25(2)39-37-32-18-9-5-14-28(32)23-29-15-6-10-19-33(29)37/h3-23H,1-2H3/b38-24+,39-25+. The number of rotatable bonds is 4. The van der Waals surface area contributed by atoms with Crippen molar-refractivity contribution >= 4 is 65.9 Å². The first kappa shape index (κ1) is 23.9. The maximum absolute atomic E-state index is 5.17. The average Bonchev–Trinajstić information content (AvgIpc) is 3.00. The summed E-state index contributed by atoms with van der Waals surface area (Å²) in [7, 11) is 0. The fraction of sp³-hybridized carbons (Fsp3) is 0.0541. The summed E-state index contributed by atoms with van der Waals surface area (Å²) in [6.45, 7) is 4.07. The molecule has 0 spiro atoms. The van der Waals surface area contributed by atoms with Crippen LogP contribution in [0.25, 0.3) is 43.1 Å². The monoisotopic (exact) mass is 513 g/mol. The molecule has 0 N–H and O–H groups in total. The number of benzene rings is 6. The summed E-state index contributed by atoms with van der Waals surface area (Å²) >= 11 is 0. The van der Waals surface area contributed by atoms with Gasteiger partial charge in [0, 0.05) is 21.5 Å². The highest BCUT2D eigenvalue weighted by atomic mass is 14.8. The molecule has 6 aromatic carbocycles. The normalized spacial score (nSPS) is 12.6. The molecule has 0 saturated heterocycles. The van der Waals surface area contributed by atoms with Gasteiger partial charge in [-0.3, -0.25) is 9.98 Å². The number of aliphatic imine (C=N–C) groups is 2. The van der Waals surface area contributed by atoms with E-state index >= 15 is 0 Å². The Hall–Kier alpha value is -5.15. The number of nitrogens with zero attached hydrogens (tertiary/aromatic N) is 3. The van der Waals surface area contributed by atoms with Crippen LogP contribution in [0.2, 0.25) is 0 Å². The van der Waals surface area contributed by atoms with E-state index in [1.807, 2.05) is 32.0 Å². The molecule has 1 heterocycles. The molecule has 0 aliphatic carbocycles. The topological polar surface area (TPSA) is 37.6 Å². The molecular weight excluding hydrogens is 486 g/mol. The Morgan fingerprint density at radius 1 is 0.425 bits per heavy atom. The van der Waals surface area contributed by atoms with Crippen molar-refractivity contribution in [3.8, 4) is 0 Å². The highest BCUT2D eigenvalue weighted by molar-refractivity contribution is 6.14. The van der Waals surface area contributed by atoms with Gasteiger partial charge in [-0.15, -0.1) is 0 Å². The van der Waals surface area contributed by atoms with Crippen molar-refractivity contribution in [3.05, 3.63) is 139 Å². The molecule has 0 aliphatic heterocycles. The van der Waals surface area contributed by atoms with E-state index in [2.05, 4.69) is 109 Å². The summed E-state index contributed by atoms with van der Waals surface area (Å²) in [6.07, 6.45) is 0. The van der Waals surface area contributed by atoms with E-state index in [9.17, 15) is 0 Å². The Balaban J connectivity index is 1.35. The second kappa shape index (κ2) is 9.87. The number of pyridine rings is 1. The Labute approximate surface area is 233 Å². The molecular formula is C37H27N3. The van der Waals surface area contributed by atoms with Crippen molar-refractivity contribution in [2.45, 2.75) is 13.8 Å². The van der Waals surface area contributed by atoms with Crippen molar-refractivity contribution < 1.29 is 0 Å². The van der Waals surface area contributed by atoms with Gasteiger partial charge < -0.3 is 0 Å². The summed E-state index contributed by atoms with van der Waals surface area (Å²) in [4.78, 5) is 15.4. The van der Waals surface area contributed by atoms with Crippen molar-refractivity contribution in [1.82, 2.24) is 4.98 Å². The molecule has 0 aliphatic rings. The Bertz CT molecular complexity index is 1880. The van der Waals surface area contributed by atoms with Gasteiger partial charge >= 0.3 is 0 Å². The Morgan fingerprint density at radius 2 is 0.750 bits per heavy atom. The Kier molecular flexibility index (Phi) is 5.90. The minimum Gasteiger partial charge on any atom is -0.250 e. The lowest BCUT2D eigenvalue weighted by Crippen LogP contribution is -2.05. The van der Waals surface area contributed by atoms with E-state index in [1.165, 1.54) is 21.5 Å². The van der Waals surface area contributed by atoms with E-state index in [-0.39, 0.29) is 0 Å². The van der Waals surface area contributed by atoms with Crippen LogP contribution in [0.1, 0.15) is 25.2 Å². The molecule has 0 saturated carbocycles. The summed E-state index contributed by atoms with van der Waals surface area (Å²) in [5.41, 5.74) is 5.37. The first-order valence-corrected chi connectivity index (χ1v) is 13.5. The van der Waals surface area contributed by atoms with Crippen LogP contribution in [-0.4, -0.2) is 16.4 Å². The molecule has 0 fully saturated rings. The molecule has 1 aromatic heterocycles. The smallest absolute Gasteiger partial charge is 0.0849 e. The highest BCUT2D eigenvalue weighted by Crippen LogP contribution is 2.37. The highest BCUT2D eigenvalue weighted by Gasteiger charge is 2.11. The zero-order chi connectivity index (χ0) is 27.1. The first-order chi connectivity index (χ1) is 19.7. The lowest BCUT2D eigenvalue weighted by molar-refractivity contribution is 1.24. The fourth-order valence-electron chi connectivity index (χ4n) is 5.51. The molecule has 40 heavy (non-hydrogen) atoms. The van der Waals surface area contributed by atoms with Gasteiger partial charge in [-0.1, -0.05) is 103 Å². The zero-order valence-corrected chi connectivity index (χ0v) is 22.5. The van der Waals surface area contributed by atoms with Gasteiger partial charge in [0.05, 0.1) is 34.2 Å².